The first kappa shape index (κ1) is 17.6. The molecule has 0 saturated heterocycles. The zero-order valence-electron chi connectivity index (χ0n) is 12.3. The molecule has 1 aromatic rings. The molecule has 0 unspecified atom stereocenters. The van der Waals surface area contributed by atoms with E-state index in [9.17, 15) is 0 Å². The Morgan fingerprint density at radius 3 is 2.45 bits per heavy atom. The van der Waals surface area contributed by atoms with Crippen LogP contribution < -0.4 is 10.5 Å². The van der Waals surface area contributed by atoms with Crippen LogP contribution in [0.5, 0.6) is 5.75 Å². The van der Waals surface area contributed by atoms with Gasteiger partial charge in [-0.3, -0.25) is 0 Å². The van der Waals surface area contributed by atoms with Crippen LogP contribution in [0, 0.1) is 0 Å². The van der Waals surface area contributed by atoms with Crippen molar-refractivity contribution >= 4 is 23.2 Å². The summed E-state index contributed by atoms with van der Waals surface area (Å²) in [5.74, 6) is 0.745. The van der Waals surface area contributed by atoms with Crippen LogP contribution in [0.25, 0.3) is 0 Å². The Morgan fingerprint density at radius 2 is 1.75 bits per heavy atom. The Bertz CT molecular complexity index is 396. The van der Waals surface area contributed by atoms with Crippen LogP contribution in [-0.4, -0.2) is 13.2 Å². The van der Waals surface area contributed by atoms with Crippen molar-refractivity contribution in [3.63, 3.8) is 0 Å². The van der Waals surface area contributed by atoms with Crippen LogP contribution in [0.4, 0.5) is 0 Å². The molecule has 114 valence electrons. The molecule has 0 aromatic heterocycles. The molecule has 0 heterocycles. The molecular formula is C16H25Cl2NO. The molecule has 4 heteroatoms. The summed E-state index contributed by atoms with van der Waals surface area (Å²) in [5.41, 5.74) is 6.61. The Labute approximate surface area is 132 Å². The van der Waals surface area contributed by atoms with Crippen molar-refractivity contribution in [2.24, 2.45) is 5.73 Å². The van der Waals surface area contributed by atoms with E-state index in [2.05, 4.69) is 6.92 Å². The highest BCUT2D eigenvalue weighted by Gasteiger charge is 2.10. The van der Waals surface area contributed by atoms with Gasteiger partial charge in [0.05, 0.1) is 11.6 Å². The van der Waals surface area contributed by atoms with Gasteiger partial charge >= 0.3 is 0 Å². The number of hydrogen-bond acceptors (Lipinski definition) is 2. The molecule has 0 aliphatic rings. The third-order valence-corrected chi connectivity index (χ3v) is 3.74. The molecule has 0 saturated carbocycles. The van der Waals surface area contributed by atoms with Gasteiger partial charge in [0.15, 0.2) is 0 Å². The van der Waals surface area contributed by atoms with Gasteiger partial charge in [0.25, 0.3) is 0 Å². The van der Waals surface area contributed by atoms with E-state index in [4.69, 9.17) is 33.7 Å². The van der Waals surface area contributed by atoms with Gasteiger partial charge in [-0.15, -0.1) is 0 Å². The molecule has 0 spiro atoms. The first-order valence-corrected chi connectivity index (χ1v) is 8.25. The van der Waals surface area contributed by atoms with E-state index in [-0.39, 0.29) is 0 Å². The van der Waals surface area contributed by atoms with Gasteiger partial charge in [0, 0.05) is 5.02 Å². The Hall–Kier alpha value is -0.440. The van der Waals surface area contributed by atoms with Crippen molar-refractivity contribution in [1.29, 1.82) is 0 Å². The quantitative estimate of drug-likeness (QED) is 0.599. The molecule has 0 amide bonds. The molecule has 0 bridgehead atoms. The van der Waals surface area contributed by atoms with Crippen LogP contribution in [-0.2, 0) is 6.42 Å². The second-order valence-electron chi connectivity index (χ2n) is 5.03. The molecule has 0 aliphatic carbocycles. The fourth-order valence-electron chi connectivity index (χ4n) is 2.17. The minimum Gasteiger partial charge on any atom is -0.492 e. The van der Waals surface area contributed by atoms with E-state index in [1.807, 2.05) is 6.07 Å². The van der Waals surface area contributed by atoms with Crippen LogP contribution in [0.2, 0.25) is 10.0 Å². The number of benzene rings is 1. The topological polar surface area (TPSA) is 35.2 Å². The molecule has 2 N–H and O–H groups in total. The second-order valence-corrected chi connectivity index (χ2v) is 5.87. The lowest BCUT2D eigenvalue weighted by atomic mass is 10.1. The Kier molecular flexibility index (Phi) is 9.08. The highest BCUT2D eigenvalue weighted by Crippen LogP contribution is 2.32. The van der Waals surface area contributed by atoms with E-state index in [1.54, 1.807) is 6.07 Å². The van der Waals surface area contributed by atoms with E-state index in [0.717, 1.165) is 24.2 Å². The summed E-state index contributed by atoms with van der Waals surface area (Å²) in [4.78, 5) is 0. The number of ether oxygens (including phenoxy) is 1. The summed E-state index contributed by atoms with van der Waals surface area (Å²) in [5, 5.41) is 1.21. The van der Waals surface area contributed by atoms with Crippen molar-refractivity contribution in [2.75, 3.05) is 13.2 Å². The minimum atomic E-state index is 0.560. The minimum absolute atomic E-state index is 0.560. The largest absolute Gasteiger partial charge is 0.492 e. The van der Waals surface area contributed by atoms with Crippen molar-refractivity contribution < 1.29 is 4.74 Å². The van der Waals surface area contributed by atoms with Crippen molar-refractivity contribution in [3.05, 3.63) is 27.7 Å². The van der Waals surface area contributed by atoms with E-state index in [0.29, 0.717) is 23.2 Å². The van der Waals surface area contributed by atoms with Crippen LogP contribution >= 0.6 is 23.2 Å². The maximum absolute atomic E-state index is 6.20. The standard InChI is InChI=1S/C16H25Cl2NO/c1-2-3-4-5-6-7-10-20-16-13(8-9-19)11-14(17)12-15(16)18/h11-12H,2-10,19H2,1H3. The average molecular weight is 318 g/mol. The number of nitrogens with two attached hydrogens (primary N) is 1. The van der Waals surface area contributed by atoms with Gasteiger partial charge in [-0.25, -0.2) is 0 Å². The van der Waals surface area contributed by atoms with E-state index >= 15 is 0 Å². The third-order valence-electron chi connectivity index (χ3n) is 3.24. The van der Waals surface area contributed by atoms with E-state index in [1.165, 1.54) is 32.1 Å². The van der Waals surface area contributed by atoms with Crippen molar-refractivity contribution in [1.82, 2.24) is 0 Å². The zero-order chi connectivity index (χ0) is 14.8. The fourth-order valence-corrected chi connectivity index (χ4v) is 2.76. The Morgan fingerprint density at radius 1 is 1.05 bits per heavy atom. The molecular weight excluding hydrogens is 293 g/mol. The molecule has 0 radical (unpaired) electrons. The first-order valence-electron chi connectivity index (χ1n) is 7.49. The lowest BCUT2D eigenvalue weighted by molar-refractivity contribution is 0.301. The number of unbranched alkanes of at least 4 members (excludes halogenated alkanes) is 5. The maximum atomic E-state index is 6.20. The predicted molar refractivity (Wildman–Crippen MR) is 88.1 cm³/mol. The monoisotopic (exact) mass is 317 g/mol. The van der Waals surface area contributed by atoms with Gasteiger partial charge < -0.3 is 10.5 Å². The average Bonchev–Trinajstić information content (AvgIpc) is 2.40. The second kappa shape index (κ2) is 10.3. The molecule has 1 rings (SSSR count). The predicted octanol–water partition coefficient (Wildman–Crippen LogP) is 5.23. The molecule has 1 aromatic carbocycles. The normalized spacial score (nSPS) is 10.8. The number of rotatable bonds is 10. The first-order chi connectivity index (χ1) is 9.69. The smallest absolute Gasteiger partial charge is 0.141 e. The fraction of sp³-hybridized carbons (Fsp3) is 0.625. The number of halogens is 2. The van der Waals surface area contributed by atoms with Gasteiger partial charge in [0.2, 0.25) is 0 Å². The summed E-state index contributed by atoms with van der Waals surface area (Å²) in [7, 11) is 0. The summed E-state index contributed by atoms with van der Waals surface area (Å²) in [6.45, 7) is 3.49. The summed E-state index contributed by atoms with van der Waals surface area (Å²) >= 11 is 12.2. The highest BCUT2D eigenvalue weighted by atomic mass is 35.5. The van der Waals surface area contributed by atoms with Crippen molar-refractivity contribution in [2.45, 2.75) is 51.9 Å². The summed E-state index contributed by atoms with van der Waals surface area (Å²) in [6.07, 6.45) is 8.19. The zero-order valence-corrected chi connectivity index (χ0v) is 13.8. The SMILES string of the molecule is CCCCCCCCOc1c(Cl)cc(Cl)cc1CCN. The molecule has 0 atom stereocenters. The molecule has 2 nitrogen and oxygen atoms in total. The highest BCUT2D eigenvalue weighted by molar-refractivity contribution is 6.35. The van der Waals surface area contributed by atoms with Crippen LogP contribution in [0.15, 0.2) is 12.1 Å². The lowest BCUT2D eigenvalue weighted by Crippen LogP contribution is -2.06. The van der Waals surface area contributed by atoms with Crippen molar-refractivity contribution in [3.8, 4) is 5.75 Å². The summed E-state index contributed by atoms with van der Waals surface area (Å²) < 4.78 is 5.84. The lowest BCUT2D eigenvalue weighted by Gasteiger charge is -2.13. The molecule has 0 fully saturated rings. The Balaban J connectivity index is 2.42. The third kappa shape index (κ3) is 6.34. The number of hydrogen-bond donors (Lipinski definition) is 1. The molecule has 0 aliphatic heterocycles. The van der Waals surface area contributed by atoms with Crippen LogP contribution in [0.3, 0.4) is 0 Å². The van der Waals surface area contributed by atoms with Crippen LogP contribution in [0.1, 0.15) is 51.0 Å². The van der Waals surface area contributed by atoms with Gasteiger partial charge in [-0.05, 0) is 37.1 Å². The van der Waals surface area contributed by atoms with Gasteiger partial charge in [0.1, 0.15) is 5.75 Å². The summed E-state index contributed by atoms with van der Waals surface area (Å²) in [6, 6.07) is 3.61. The maximum Gasteiger partial charge on any atom is 0.141 e. The van der Waals surface area contributed by atoms with Gasteiger partial charge in [-0.1, -0.05) is 62.2 Å². The van der Waals surface area contributed by atoms with E-state index < -0.39 is 0 Å². The molecule has 20 heavy (non-hydrogen) atoms. The van der Waals surface area contributed by atoms with Gasteiger partial charge in [-0.2, -0.15) is 0 Å².